The Hall–Kier alpha value is -1.55. The van der Waals surface area contributed by atoms with Crippen LogP contribution in [0.2, 0.25) is 5.02 Å². The highest BCUT2D eigenvalue weighted by Gasteiger charge is 2.15. The molecular weight excluding hydrogens is 218 g/mol. The number of nitrogens with zero attached hydrogens (tertiary/aromatic N) is 1. The summed E-state index contributed by atoms with van der Waals surface area (Å²) in [5, 5.41) is 4.18. The van der Waals surface area contributed by atoms with E-state index < -0.39 is 5.97 Å². The number of ether oxygens (including phenoxy) is 1. The van der Waals surface area contributed by atoms with Gasteiger partial charge in [0.2, 0.25) is 0 Å². The minimum Gasteiger partial charge on any atom is -0.464 e. The first-order chi connectivity index (χ1) is 7.19. The van der Waals surface area contributed by atoms with Gasteiger partial charge < -0.3 is 9.57 Å². The van der Waals surface area contributed by atoms with Crippen LogP contribution in [0.25, 0.3) is 0 Å². The summed E-state index contributed by atoms with van der Waals surface area (Å²) < 4.78 is 4.57. The summed E-state index contributed by atoms with van der Waals surface area (Å²) in [4.78, 5) is 15.9. The minimum absolute atomic E-state index is 0.108. The number of carbonyl (C=O) groups is 1. The lowest BCUT2D eigenvalue weighted by molar-refractivity contribution is -0.132. The first kappa shape index (κ1) is 11.5. The second-order valence-corrected chi connectivity index (χ2v) is 3.06. The Morgan fingerprint density at radius 2 is 1.87 bits per heavy atom. The molecule has 0 aliphatic carbocycles. The highest BCUT2D eigenvalue weighted by Crippen LogP contribution is 2.11. The van der Waals surface area contributed by atoms with Gasteiger partial charge in [0.1, 0.15) is 7.11 Å². The van der Waals surface area contributed by atoms with Crippen molar-refractivity contribution in [3.05, 3.63) is 34.9 Å². The SMILES string of the molecule is CON=C(C(=O)OC)c1ccc(Cl)cc1. The van der Waals surface area contributed by atoms with E-state index in [1.54, 1.807) is 24.3 Å². The maximum Gasteiger partial charge on any atom is 0.360 e. The van der Waals surface area contributed by atoms with Crippen LogP contribution in [0.15, 0.2) is 29.4 Å². The van der Waals surface area contributed by atoms with Crippen molar-refractivity contribution in [1.82, 2.24) is 0 Å². The monoisotopic (exact) mass is 227 g/mol. The van der Waals surface area contributed by atoms with Gasteiger partial charge in [-0.25, -0.2) is 4.79 Å². The Bertz CT molecular complexity index is 373. The van der Waals surface area contributed by atoms with Crippen molar-refractivity contribution < 1.29 is 14.4 Å². The maximum absolute atomic E-state index is 11.3. The number of esters is 1. The van der Waals surface area contributed by atoms with Gasteiger partial charge in [-0.2, -0.15) is 0 Å². The highest BCUT2D eigenvalue weighted by molar-refractivity contribution is 6.43. The number of carbonyl (C=O) groups excluding carboxylic acids is 1. The molecule has 1 aromatic carbocycles. The van der Waals surface area contributed by atoms with E-state index in [0.717, 1.165) is 0 Å². The average molecular weight is 228 g/mol. The Morgan fingerprint density at radius 1 is 1.27 bits per heavy atom. The van der Waals surface area contributed by atoms with E-state index >= 15 is 0 Å². The lowest BCUT2D eigenvalue weighted by Gasteiger charge is -2.03. The summed E-state index contributed by atoms with van der Waals surface area (Å²) >= 11 is 5.72. The lowest BCUT2D eigenvalue weighted by atomic mass is 10.1. The fourth-order valence-corrected chi connectivity index (χ4v) is 1.13. The third kappa shape index (κ3) is 2.95. The fraction of sp³-hybridized carbons (Fsp3) is 0.200. The molecule has 0 heterocycles. The third-order valence-electron chi connectivity index (χ3n) is 1.68. The van der Waals surface area contributed by atoms with E-state index in [4.69, 9.17) is 11.6 Å². The van der Waals surface area contributed by atoms with E-state index in [1.165, 1.54) is 14.2 Å². The van der Waals surface area contributed by atoms with Crippen LogP contribution in [0.3, 0.4) is 0 Å². The predicted molar refractivity (Wildman–Crippen MR) is 57.0 cm³/mol. The number of halogens is 1. The first-order valence-electron chi connectivity index (χ1n) is 4.14. The van der Waals surface area contributed by atoms with Crippen molar-refractivity contribution in [3.8, 4) is 0 Å². The summed E-state index contributed by atoms with van der Waals surface area (Å²) in [5.41, 5.74) is 0.699. The van der Waals surface area contributed by atoms with Crippen molar-refractivity contribution in [3.63, 3.8) is 0 Å². The molecular formula is C10H10ClNO3. The summed E-state index contributed by atoms with van der Waals surface area (Å²) in [6.07, 6.45) is 0. The molecule has 0 aliphatic rings. The molecule has 0 unspecified atom stereocenters. The molecule has 1 rings (SSSR count). The van der Waals surface area contributed by atoms with Crippen molar-refractivity contribution in [2.24, 2.45) is 5.16 Å². The van der Waals surface area contributed by atoms with Crippen LogP contribution in [0, 0.1) is 0 Å². The van der Waals surface area contributed by atoms with Gasteiger partial charge in [0.25, 0.3) is 0 Å². The standard InChI is InChI=1S/C10H10ClNO3/c1-14-10(13)9(12-15-2)7-3-5-8(11)6-4-7/h3-6H,1-2H3. The molecule has 0 saturated carbocycles. The zero-order valence-corrected chi connectivity index (χ0v) is 9.12. The number of hydrogen-bond acceptors (Lipinski definition) is 4. The van der Waals surface area contributed by atoms with Gasteiger partial charge in [-0.15, -0.1) is 0 Å². The number of benzene rings is 1. The molecule has 80 valence electrons. The van der Waals surface area contributed by atoms with Gasteiger partial charge in [0, 0.05) is 10.6 Å². The normalized spacial score (nSPS) is 11.0. The summed E-state index contributed by atoms with van der Waals surface area (Å²) in [5.74, 6) is -0.556. The molecule has 1 aromatic rings. The van der Waals surface area contributed by atoms with E-state index in [0.29, 0.717) is 10.6 Å². The molecule has 0 amide bonds. The summed E-state index contributed by atoms with van der Waals surface area (Å²) in [7, 11) is 2.64. The molecule has 0 aromatic heterocycles. The van der Waals surface area contributed by atoms with Gasteiger partial charge in [0.05, 0.1) is 7.11 Å². The van der Waals surface area contributed by atoms with Crippen molar-refractivity contribution >= 4 is 23.3 Å². The van der Waals surface area contributed by atoms with Gasteiger partial charge in [-0.3, -0.25) is 0 Å². The number of rotatable bonds is 3. The summed E-state index contributed by atoms with van der Waals surface area (Å²) in [6, 6.07) is 6.64. The zero-order valence-electron chi connectivity index (χ0n) is 8.36. The lowest BCUT2D eigenvalue weighted by Crippen LogP contribution is -2.17. The molecule has 0 aliphatic heterocycles. The first-order valence-corrected chi connectivity index (χ1v) is 4.52. The topological polar surface area (TPSA) is 47.9 Å². The molecule has 5 heteroatoms. The third-order valence-corrected chi connectivity index (χ3v) is 1.93. The van der Waals surface area contributed by atoms with Crippen molar-refractivity contribution in [1.29, 1.82) is 0 Å². The highest BCUT2D eigenvalue weighted by atomic mass is 35.5. The van der Waals surface area contributed by atoms with E-state index in [9.17, 15) is 4.79 Å². The number of oxime groups is 1. The molecule has 15 heavy (non-hydrogen) atoms. The van der Waals surface area contributed by atoms with Crippen LogP contribution in [0.1, 0.15) is 5.56 Å². The van der Waals surface area contributed by atoms with Crippen molar-refractivity contribution in [2.75, 3.05) is 14.2 Å². The predicted octanol–water partition coefficient (Wildman–Crippen LogP) is 1.86. The molecule has 0 fully saturated rings. The number of hydrogen-bond donors (Lipinski definition) is 0. The van der Waals surface area contributed by atoms with Crippen LogP contribution in [0.4, 0.5) is 0 Å². The van der Waals surface area contributed by atoms with E-state index in [1.807, 2.05) is 0 Å². The zero-order chi connectivity index (χ0) is 11.3. The largest absolute Gasteiger partial charge is 0.464 e. The van der Waals surface area contributed by atoms with E-state index in [-0.39, 0.29) is 5.71 Å². The van der Waals surface area contributed by atoms with Crippen molar-refractivity contribution in [2.45, 2.75) is 0 Å². The Balaban J connectivity index is 3.05. The maximum atomic E-state index is 11.3. The number of methoxy groups -OCH3 is 1. The second-order valence-electron chi connectivity index (χ2n) is 2.62. The van der Waals surface area contributed by atoms with Crippen LogP contribution < -0.4 is 0 Å². The molecule has 0 spiro atoms. The average Bonchev–Trinajstić information content (AvgIpc) is 2.26. The van der Waals surface area contributed by atoms with Gasteiger partial charge in [0.15, 0.2) is 5.71 Å². The molecule has 0 N–H and O–H groups in total. The molecule has 4 nitrogen and oxygen atoms in total. The minimum atomic E-state index is -0.556. The van der Waals surface area contributed by atoms with Crippen LogP contribution >= 0.6 is 11.6 Å². The quantitative estimate of drug-likeness (QED) is 0.450. The smallest absolute Gasteiger partial charge is 0.360 e. The van der Waals surface area contributed by atoms with E-state index in [2.05, 4.69) is 14.7 Å². The van der Waals surface area contributed by atoms with Gasteiger partial charge >= 0.3 is 5.97 Å². The van der Waals surface area contributed by atoms with Gasteiger partial charge in [-0.1, -0.05) is 28.9 Å². The summed E-state index contributed by atoms with van der Waals surface area (Å²) in [6.45, 7) is 0. The molecule has 0 saturated heterocycles. The molecule has 0 bridgehead atoms. The Morgan fingerprint density at radius 3 is 2.33 bits per heavy atom. The molecule has 0 radical (unpaired) electrons. The van der Waals surface area contributed by atoms with Crippen LogP contribution in [-0.2, 0) is 14.4 Å². The Kier molecular flexibility index (Phi) is 4.12. The second kappa shape index (κ2) is 5.36. The van der Waals surface area contributed by atoms with Crippen LogP contribution in [0.5, 0.6) is 0 Å². The Labute approximate surface area is 92.4 Å². The van der Waals surface area contributed by atoms with Gasteiger partial charge in [-0.05, 0) is 12.1 Å². The van der Waals surface area contributed by atoms with Crippen LogP contribution in [-0.4, -0.2) is 25.9 Å². The fourth-order valence-electron chi connectivity index (χ4n) is 1.00. The molecule has 0 atom stereocenters.